The fourth-order valence-electron chi connectivity index (χ4n) is 2.26. The molecule has 2 atom stereocenters. The minimum absolute atomic E-state index is 0.182. The first kappa shape index (κ1) is 15.4. The highest BCUT2D eigenvalue weighted by atomic mass is 32.2. The Balaban J connectivity index is 2.51. The second-order valence-electron chi connectivity index (χ2n) is 5.28. The zero-order chi connectivity index (χ0) is 14.0. The van der Waals surface area contributed by atoms with Crippen LogP contribution in [0.3, 0.4) is 0 Å². The van der Waals surface area contributed by atoms with Gasteiger partial charge in [-0.05, 0) is 20.3 Å². The number of nitriles is 1. The summed E-state index contributed by atoms with van der Waals surface area (Å²) in [7, 11) is -3.09. The average molecular weight is 274 g/mol. The first-order chi connectivity index (χ1) is 8.15. The fraction of sp³-hybridized carbons (Fsp3) is 0.909. The highest BCUT2D eigenvalue weighted by Crippen LogP contribution is 2.16. The van der Waals surface area contributed by atoms with Crippen molar-refractivity contribution in [2.75, 3.05) is 32.4 Å². The van der Waals surface area contributed by atoms with E-state index in [2.05, 4.69) is 11.0 Å². The van der Waals surface area contributed by atoms with Gasteiger partial charge in [-0.3, -0.25) is 4.90 Å². The van der Waals surface area contributed by atoms with Crippen molar-refractivity contribution >= 4 is 10.0 Å². The molecule has 0 saturated carbocycles. The summed E-state index contributed by atoms with van der Waals surface area (Å²) < 4.78 is 24.3. The highest BCUT2D eigenvalue weighted by molar-refractivity contribution is 7.88. The molecule has 0 spiro atoms. The number of nitrogens with zero attached hydrogens (tertiary/aromatic N) is 3. The molecule has 6 nitrogen and oxygen atoms in total. The SMILES string of the molecule is CC(CC(C)(N)C#N)N1CCN(S(C)(=O)=O)CC1. The van der Waals surface area contributed by atoms with Crippen molar-refractivity contribution in [1.29, 1.82) is 5.26 Å². The predicted octanol–water partition coefficient (Wildman–Crippen LogP) is -0.417. The lowest BCUT2D eigenvalue weighted by Gasteiger charge is -2.38. The van der Waals surface area contributed by atoms with Gasteiger partial charge in [0.1, 0.15) is 5.54 Å². The van der Waals surface area contributed by atoms with Crippen molar-refractivity contribution in [2.24, 2.45) is 5.73 Å². The summed E-state index contributed by atoms with van der Waals surface area (Å²) in [6, 6.07) is 2.27. The molecule has 7 heteroatoms. The summed E-state index contributed by atoms with van der Waals surface area (Å²) in [4.78, 5) is 2.18. The van der Waals surface area contributed by atoms with E-state index in [4.69, 9.17) is 11.0 Å². The maximum Gasteiger partial charge on any atom is 0.211 e. The molecular weight excluding hydrogens is 252 g/mol. The van der Waals surface area contributed by atoms with Crippen LogP contribution in [-0.4, -0.2) is 61.6 Å². The Bertz CT molecular complexity index is 419. The zero-order valence-corrected chi connectivity index (χ0v) is 12.1. The van der Waals surface area contributed by atoms with Crippen molar-refractivity contribution in [3.05, 3.63) is 0 Å². The molecule has 1 saturated heterocycles. The maximum atomic E-state index is 11.4. The van der Waals surface area contributed by atoms with Gasteiger partial charge in [0.25, 0.3) is 0 Å². The van der Waals surface area contributed by atoms with Crippen LogP contribution in [0.15, 0.2) is 0 Å². The summed E-state index contributed by atoms with van der Waals surface area (Å²) in [5.41, 5.74) is 5.00. The minimum atomic E-state index is -3.09. The third-order valence-corrected chi connectivity index (χ3v) is 4.64. The van der Waals surface area contributed by atoms with E-state index in [1.54, 1.807) is 6.92 Å². The fourth-order valence-corrected chi connectivity index (χ4v) is 3.09. The van der Waals surface area contributed by atoms with E-state index < -0.39 is 15.6 Å². The molecule has 2 N–H and O–H groups in total. The van der Waals surface area contributed by atoms with Crippen molar-refractivity contribution in [3.63, 3.8) is 0 Å². The standard InChI is InChI=1S/C11H22N4O2S/c1-10(8-11(2,13)9-12)14-4-6-15(7-5-14)18(3,16)17/h10H,4-8,13H2,1-3H3. The maximum absolute atomic E-state index is 11.4. The minimum Gasteiger partial charge on any atom is -0.314 e. The van der Waals surface area contributed by atoms with E-state index in [9.17, 15) is 8.42 Å². The topological polar surface area (TPSA) is 90.4 Å². The number of hydrogen-bond donors (Lipinski definition) is 1. The second kappa shape index (κ2) is 5.53. The van der Waals surface area contributed by atoms with Crippen LogP contribution in [0.25, 0.3) is 0 Å². The number of rotatable bonds is 4. The van der Waals surface area contributed by atoms with Crippen molar-refractivity contribution in [3.8, 4) is 6.07 Å². The lowest BCUT2D eigenvalue weighted by atomic mass is 9.95. The Morgan fingerprint density at radius 3 is 2.28 bits per heavy atom. The molecule has 1 rings (SSSR count). The van der Waals surface area contributed by atoms with Crippen molar-refractivity contribution < 1.29 is 8.42 Å². The first-order valence-electron chi connectivity index (χ1n) is 6.05. The Kier molecular flexibility index (Phi) is 4.72. The summed E-state index contributed by atoms with van der Waals surface area (Å²) in [5.74, 6) is 0. The molecule has 1 aliphatic rings. The van der Waals surface area contributed by atoms with Gasteiger partial charge in [-0.2, -0.15) is 9.57 Å². The quantitative estimate of drug-likeness (QED) is 0.752. The van der Waals surface area contributed by atoms with Crippen LogP contribution in [0.4, 0.5) is 0 Å². The molecule has 104 valence electrons. The van der Waals surface area contributed by atoms with Crippen LogP contribution in [0, 0.1) is 11.3 Å². The van der Waals surface area contributed by atoms with Gasteiger partial charge < -0.3 is 5.73 Å². The predicted molar refractivity (Wildman–Crippen MR) is 70.3 cm³/mol. The number of nitrogens with two attached hydrogens (primary N) is 1. The van der Waals surface area contributed by atoms with Crippen LogP contribution in [-0.2, 0) is 10.0 Å². The summed E-state index contributed by atoms with van der Waals surface area (Å²) in [6.07, 6.45) is 1.82. The van der Waals surface area contributed by atoms with Crippen LogP contribution in [0.5, 0.6) is 0 Å². The molecule has 0 aromatic heterocycles. The smallest absolute Gasteiger partial charge is 0.211 e. The van der Waals surface area contributed by atoms with Crippen LogP contribution in [0.2, 0.25) is 0 Å². The van der Waals surface area contributed by atoms with E-state index in [1.807, 2.05) is 6.92 Å². The van der Waals surface area contributed by atoms with Crippen LogP contribution >= 0.6 is 0 Å². The third kappa shape index (κ3) is 4.21. The molecule has 1 aliphatic heterocycles. The van der Waals surface area contributed by atoms with E-state index in [0.29, 0.717) is 32.6 Å². The summed E-state index contributed by atoms with van der Waals surface area (Å²) >= 11 is 0. The molecule has 0 aromatic rings. The van der Waals surface area contributed by atoms with Crippen molar-refractivity contribution in [2.45, 2.75) is 31.8 Å². The number of hydrogen-bond acceptors (Lipinski definition) is 5. The van der Waals surface area contributed by atoms with Crippen LogP contribution in [0.1, 0.15) is 20.3 Å². The van der Waals surface area contributed by atoms with Gasteiger partial charge >= 0.3 is 0 Å². The van der Waals surface area contributed by atoms with E-state index >= 15 is 0 Å². The van der Waals surface area contributed by atoms with Gasteiger partial charge in [-0.1, -0.05) is 0 Å². The van der Waals surface area contributed by atoms with Crippen LogP contribution < -0.4 is 5.73 Å². The molecule has 0 radical (unpaired) electrons. The Morgan fingerprint density at radius 2 is 1.89 bits per heavy atom. The Hall–Kier alpha value is -0.680. The van der Waals surface area contributed by atoms with Gasteiger partial charge in [0.2, 0.25) is 10.0 Å². The first-order valence-corrected chi connectivity index (χ1v) is 7.90. The average Bonchev–Trinajstić information content (AvgIpc) is 2.27. The van der Waals surface area contributed by atoms with Gasteiger partial charge in [0.05, 0.1) is 12.3 Å². The Morgan fingerprint density at radius 1 is 1.39 bits per heavy atom. The van der Waals surface area contributed by atoms with E-state index in [1.165, 1.54) is 10.6 Å². The molecule has 0 aromatic carbocycles. The van der Waals surface area contributed by atoms with E-state index in [0.717, 1.165) is 0 Å². The number of sulfonamides is 1. The molecule has 0 aliphatic carbocycles. The summed E-state index contributed by atoms with van der Waals surface area (Å²) in [6.45, 7) is 6.15. The Labute approximate surface area is 109 Å². The van der Waals surface area contributed by atoms with Gasteiger partial charge in [0, 0.05) is 32.2 Å². The monoisotopic (exact) mass is 274 g/mol. The van der Waals surface area contributed by atoms with Gasteiger partial charge in [0.15, 0.2) is 0 Å². The van der Waals surface area contributed by atoms with Gasteiger partial charge in [-0.15, -0.1) is 0 Å². The lowest BCUT2D eigenvalue weighted by Crippen LogP contribution is -2.53. The zero-order valence-electron chi connectivity index (χ0n) is 11.3. The lowest BCUT2D eigenvalue weighted by molar-refractivity contribution is 0.131. The second-order valence-corrected chi connectivity index (χ2v) is 7.26. The number of piperazine rings is 1. The molecule has 18 heavy (non-hydrogen) atoms. The largest absolute Gasteiger partial charge is 0.314 e. The van der Waals surface area contributed by atoms with E-state index in [-0.39, 0.29) is 6.04 Å². The molecule has 1 fully saturated rings. The highest BCUT2D eigenvalue weighted by Gasteiger charge is 2.29. The molecule has 2 unspecified atom stereocenters. The van der Waals surface area contributed by atoms with Crippen molar-refractivity contribution in [1.82, 2.24) is 9.21 Å². The molecular formula is C11H22N4O2S. The third-order valence-electron chi connectivity index (χ3n) is 3.34. The molecule has 0 amide bonds. The molecule has 0 bridgehead atoms. The normalized spacial score (nSPS) is 24.2. The van der Waals surface area contributed by atoms with Gasteiger partial charge in [-0.25, -0.2) is 8.42 Å². The summed E-state index contributed by atoms with van der Waals surface area (Å²) in [5, 5.41) is 8.91. The molecule has 1 heterocycles.